The number of likely N-dealkylation sites (tertiary alicyclic amines) is 1. The first-order valence-corrected chi connectivity index (χ1v) is 12.4. The number of hydrogen-bond acceptors (Lipinski definition) is 3. The standard InChI is InChI=1S/C26H35Cl2N3O2/c1-18(2)25(31(26(32)29-3)21-6-5-7-22(16-21)33-4)17-30-12-10-19(11-13-30)14-20-8-9-23(27)24(28)15-20/h5-9,15-16,18-19,25H,10-14,17H2,1-4H3,(H,29,32)/t25-/m0/s1. The van der Waals surface area contributed by atoms with E-state index in [0.29, 0.717) is 21.9 Å². The van der Waals surface area contributed by atoms with Gasteiger partial charge in [0.15, 0.2) is 0 Å². The maximum absolute atomic E-state index is 12.9. The Labute approximate surface area is 208 Å². The number of nitrogens with one attached hydrogen (secondary N) is 1. The van der Waals surface area contributed by atoms with E-state index in [1.807, 2.05) is 41.3 Å². The molecular formula is C26H35Cl2N3O2. The molecule has 1 heterocycles. The molecule has 0 aromatic heterocycles. The molecule has 0 spiro atoms. The van der Waals surface area contributed by atoms with Gasteiger partial charge >= 0.3 is 6.03 Å². The van der Waals surface area contributed by atoms with Crippen molar-refractivity contribution >= 4 is 34.9 Å². The molecule has 1 fully saturated rings. The first-order chi connectivity index (χ1) is 15.8. The zero-order valence-corrected chi connectivity index (χ0v) is 21.5. The zero-order valence-electron chi connectivity index (χ0n) is 20.0. The summed E-state index contributed by atoms with van der Waals surface area (Å²) in [6.45, 7) is 7.24. The minimum Gasteiger partial charge on any atom is -0.497 e. The number of benzene rings is 2. The molecule has 2 aromatic rings. The first-order valence-electron chi connectivity index (χ1n) is 11.6. The molecule has 0 saturated carbocycles. The second kappa shape index (κ2) is 12.0. The van der Waals surface area contributed by atoms with Crippen LogP contribution in [0.15, 0.2) is 42.5 Å². The molecule has 1 saturated heterocycles. The summed E-state index contributed by atoms with van der Waals surface area (Å²) < 4.78 is 5.40. The van der Waals surface area contributed by atoms with Crippen LogP contribution >= 0.6 is 23.2 Å². The number of rotatable bonds is 8. The number of methoxy groups -OCH3 is 1. The van der Waals surface area contributed by atoms with Crippen LogP contribution in [0.5, 0.6) is 5.75 Å². The lowest BCUT2D eigenvalue weighted by Gasteiger charge is -2.40. The van der Waals surface area contributed by atoms with E-state index in [1.54, 1.807) is 14.2 Å². The maximum atomic E-state index is 12.9. The van der Waals surface area contributed by atoms with Crippen molar-refractivity contribution in [3.05, 3.63) is 58.1 Å². The molecule has 3 rings (SSSR count). The number of nitrogens with zero attached hydrogens (tertiary/aromatic N) is 2. The van der Waals surface area contributed by atoms with Gasteiger partial charge in [-0.15, -0.1) is 0 Å². The Morgan fingerprint density at radius 2 is 1.88 bits per heavy atom. The molecule has 2 aromatic carbocycles. The summed E-state index contributed by atoms with van der Waals surface area (Å²) >= 11 is 12.3. The molecule has 0 aliphatic carbocycles. The minimum absolute atomic E-state index is 0.0451. The van der Waals surface area contributed by atoms with E-state index >= 15 is 0 Å². The SMILES string of the molecule is CNC(=O)N(c1cccc(OC)c1)[C@@H](CN1CCC(Cc2ccc(Cl)c(Cl)c2)CC1)C(C)C. The summed E-state index contributed by atoms with van der Waals surface area (Å²) in [5.74, 6) is 1.67. The minimum atomic E-state index is -0.101. The highest BCUT2D eigenvalue weighted by Crippen LogP contribution is 2.29. The second-order valence-corrected chi connectivity index (χ2v) is 9.95. The van der Waals surface area contributed by atoms with Gasteiger partial charge in [0.2, 0.25) is 0 Å². The molecule has 1 atom stereocenters. The van der Waals surface area contributed by atoms with Gasteiger partial charge in [-0.2, -0.15) is 0 Å². The molecule has 33 heavy (non-hydrogen) atoms. The Bertz CT molecular complexity index is 930. The summed E-state index contributed by atoms with van der Waals surface area (Å²) in [5, 5.41) is 4.05. The lowest BCUT2D eigenvalue weighted by atomic mass is 9.89. The number of amides is 2. The van der Waals surface area contributed by atoms with Crippen molar-refractivity contribution in [2.24, 2.45) is 11.8 Å². The van der Waals surface area contributed by atoms with Gasteiger partial charge in [0.1, 0.15) is 5.75 Å². The van der Waals surface area contributed by atoms with Crippen LogP contribution in [0.2, 0.25) is 10.0 Å². The molecule has 0 radical (unpaired) electrons. The molecule has 1 N–H and O–H groups in total. The van der Waals surface area contributed by atoms with Crippen molar-refractivity contribution < 1.29 is 9.53 Å². The Balaban J connectivity index is 1.67. The number of anilines is 1. The molecular weight excluding hydrogens is 457 g/mol. The average molecular weight is 492 g/mol. The number of ether oxygens (including phenoxy) is 1. The Hall–Kier alpha value is -1.95. The molecule has 2 amide bonds. The molecule has 5 nitrogen and oxygen atoms in total. The van der Waals surface area contributed by atoms with Crippen LogP contribution in [-0.2, 0) is 6.42 Å². The lowest BCUT2D eigenvalue weighted by Crippen LogP contribution is -2.53. The van der Waals surface area contributed by atoms with Crippen LogP contribution in [0.4, 0.5) is 10.5 Å². The molecule has 1 aliphatic heterocycles. The van der Waals surface area contributed by atoms with E-state index in [4.69, 9.17) is 27.9 Å². The third-order valence-electron chi connectivity index (χ3n) is 6.53. The van der Waals surface area contributed by atoms with Crippen LogP contribution < -0.4 is 15.0 Å². The summed E-state index contributed by atoms with van der Waals surface area (Å²) in [7, 11) is 3.33. The molecule has 7 heteroatoms. The van der Waals surface area contributed by atoms with Crippen LogP contribution in [0, 0.1) is 11.8 Å². The third-order valence-corrected chi connectivity index (χ3v) is 7.27. The van der Waals surface area contributed by atoms with Gasteiger partial charge in [-0.05, 0) is 74.0 Å². The highest BCUT2D eigenvalue weighted by molar-refractivity contribution is 6.42. The van der Waals surface area contributed by atoms with Crippen LogP contribution in [-0.4, -0.2) is 50.8 Å². The van der Waals surface area contributed by atoms with Crippen LogP contribution in [0.3, 0.4) is 0 Å². The van der Waals surface area contributed by atoms with Crippen molar-refractivity contribution in [1.82, 2.24) is 10.2 Å². The Morgan fingerprint density at radius 3 is 2.48 bits per heavy atom. The summed E-state index contributed by atoms with van der Waals surface area (Å²) in [5.41, 5.74) is 2.09. The Kier molecular flexibility index (Phi) is 9.30. The predicted octanol–water partition coefficient (Wildman–Crippen LogP) is 6.13. The van der Waals surface area contributed by atoms with Crippen molar-refractivity contribution in [2.75, 3.05) is 38.7 Å². The molecule has 0 unspecified atom stereocenters. The summed E-state index contributed by atoms with van der Waals surface area (Å²) in [4.78, 5) is 17.3. The normalized spacial score (nSPS) is 16.0. The topological polar surface area (TPSA) is 44.8 Å². The summed E-state index contributed by atoms with van der Waals surface area (Å²) in [6.07, 6.45) is 3.28. The zero-order chi connectivity index (χ0) is 24.0. The van der Waals surface area contributed by atoms with Gasteiger partial charge in [-0.3, -0.25) is 4.90 Å². The quantitative estimate of drug-likeness (QED) is 0.483. The van der Waals surface area contributed by atoms with Crippen molar-refractivity contribution in [3.8, 4) is 5.75 Å². The Morgan fingerprint density at radius 1 is 1.15 bits per heavy atom. The predicted molar refractivity (Wildman–Crippen MR) is 138 cm³/mol. The summed E-state index contributed by atoms with van der Waals surface area (Å²) in [6, 6.07) is 13.6. The van der Waals surface area contributed by atoms with Crippen LogP contribution in [0.25, 0.3) is 0 Å². The maximum Gasteiger partial charge on any atom is 0.321 e. The fourth-order valence-corrected chi connectivity index (χ4v) is 4.89. The monoisotopic (exact) mass is 491 g/mol. The van der Waals surface area contributed by atoms with E-state index in [0.717, 1.165) is 50.3 Å². The number of halogens is 2. The van der Waals surface area contributed by atoms with Crippen LogP contribution in [0.1, 0.15) is 32.3 Å². The van der Waals surface area contributed by atoms with Crippen molar-refractivity contribution in [2.45, 2.75) is 39.2 Å². The molecule has 1 aliphatic rings. The second-order valence-electron chi connectivity index (χ2n) is 9.13. The number of carbonyl (C=O) groups is 1. The fraction of sp³-hybridized carbons (Fsp3) is 0.500. The highest BCUT2D eigenvalue weighted by atomic mass is 35.5. The van der Waals surface area contributed by atoms with Crippen molar-refractivity contribution in [1.29, 1.82) is 0 Å². The molecule has 0 bridgehead atoms. The number of carbonyl (C=O) groups excluding carboxylic acids is 1. The lowest BCUT2D eigenvalue weighted by molar-refractivity contribution is 0.163. The number of urea groups is 1. The van der Waals surface area contributed by atoms with Crippen molar-refractivity contribution in [3.63, 3.8) is 0 Å². The number of piperidine rings is 1. The van der Waals surface area contributed by atoms with E-state index in [1.165, 1.54) is 5.56 Å². The fourth-order valence-electron chi connectivity index (χ4n) is 4.57. The highest BCUT2D eigenvalue weighted by Gasteiger charge is 2.31. The largest absolute Gasteiger partial charge is 0.497 e. The van der Waals surface area contributed by atoms with E-state index in [-0.39, 0.29) is 12.1 Å². The van der Waals surface area contributed by atoms with Gasteiger partial charge in [-0.1, -0.05) is 49.2 Å². The molecule has 180 valence electrons. The van der Waals surface area contributed by atoms with E-state index in [9.17, 15) is 4.79 Å². The average Bonchev–Trinajstić information content (AvgIpc) is 2.82. The van der Waals surface area contributed by atoms with Gasteiger partial charge in [0, 0.05) is 25.3 Å². The van der Waals surface area contributed by atoms with Gasteiger partial charge in [0.25, 0.3) is 0 Å². The van der Waals surface area contributed by atoms with E-state index in [2.05, 4.69) is 30.1 Å². The number of hydrogen-bond donors (Lipinski definition) is 1. The smallest absolute Gasteiger partial charge is 0.321 e. The van der Waals surface area contributed by atoms with Gasteiger partial charge in [-0.25, -0.2) is 4.79 Å². The van der Waals surface area contributed by atoms with E-state index < -0.39 is 0 Å². The van der Waals surface area contributed by atoms with Gasteiger partial charge < -0.3 is 15.0 Å². The third kappa shape index (κ3) is 6.78. The van der Waals surface area contributed by atoms with Gasteiger partial charge in [0.05, 0.1) is 23.2 Å². The first kappa shape index (κ1) is 25.7.